The molecule has 1 aromatic carbocycles. The van der Waals surface area contributed by atoms with Gasteiger partial charge in [-0.3, -0.25) is 14.9 Å². The Kier molecular flexibility index (Phi) is 5.55. The van der Waals surface area contributed by atoms with E-state index >= 15 is 0 Å². The Bertz CT molecular complexity index is 544. The van der Waals surface area contributed by atoms with Crippen LogP contribution in [0.4, 0.5) is 5.69 Å². The second-order valence-electron chi connectivity index (χ2n) is 5.84. The number of nitrogens with zero attached hydrogens (tertiary/aromatic N) is 1. The molecule has 0 bridgehead atoms. The SMILES string of the molecule is CCCC(NCC(=O)N1c2ccccc2CCC1C)C(=O)O. The molecule has 22 heavy (non-hydrogen) atoms. The molecule has 0 saturated heterocycles. The number of hydrogen-bond acceptors (Lipinski definition) is 3. The van der Waals surface area contributed by atoms with Gasteiger partial charge in [-0.05, 0) is 37.8 Å². The molecule has 2 atom stereocenters. The summed E-state index contributed by atoms with van der Waals surface area (Å²) in [6, 6.07) is 7.40. The van der Waals surface area contributed by atoms with E-state index in [1.165, 1.54) is 5.56 Å². The number of amides is 1. The molecule has 0 radical (unpaired) electrons. The van der Waals surface area contributed by atoms with E-state index in [0.29, 0.717) is 6.42 Å². The number of aryl methyl sites for hydroxylation is 1. The standard InChI is InChI=1S/C17H24N2O3/c1-3-6-14(17(21)22)18-11-16(20)19-12(2)9-10-13-7-4-5-8-15(13)19/h4-5,7-8,12,14,18H,3,6,9-11H2,1-2H3,(H,21,22). The molecule has 0 aromatic heterocycles. The molecule has 5 nitrogen and oxygen atoms in total. The highest BCUT2D eigenvalue weighted by atomic mass is 16.4. The quantitative estimate of drug-likeness (QED) is 0.845. The zero-order valence-electron chi connectivity index (χ0n) is 13.2. The van der Waals surface area contributed by atoms with Gasteiger partial charge in [0.25, 0.3) is 0 Å². The van der Waals surface area contributed by atoms with E-state index in [2.05, 4.69) is 5.32 Å². The molecule has 1 aromatic rings. The minimum absolute atomic E-state index is 0.0512. The maximum absolute atomic E-state index is 12.6. The predicted octanol–water partition coefficient (Wildman–Crippen LogP) is 2.20. The van der Waals surface area contributed by atoms with Crippen molar-refractivity contribution >= 4 is 17.6 Å². The number of aliphatic carboxylic acids is 1. The van der Waals surface area contributed by atoms with Gasteiger partial charge in [-0.15, -0.1) is 0 Å². The van der Waals surface area contributed by atoms with Gasteiger partial charge in [0.05, 0.1) is 6.54 Å². The van der Waals surface area contributed by atoms with Gasteiger partial charge >= 0.3 is 5.97 Å². The van der Waals surface area contributed by atoms with Crippen molar-refractivity contribution in [2.24, 2.45) is 0 Å². The topological polar surface area (TPSA) is 69.6 Å². The van der Waals surface area contributed by atoms with Gasteiger partial charge in [-0.1, -0.05) is 31.5 Å². The van der Waals surface area contributed by atoms with Gasteiger partial charge in [0.15, 0.2) is 0 Å². The monoisotopic (exact) mass is 304 g/mol. The van der Waals surface area contributed by atoms with Crippen LogP contribution < -0.4 is 10.2 Å². The number of para-hydroxylation sites is 1. The number of carboxylic acid groups (broad SMARTS) is 1. The second kappa shape index (κ2) is 7.40. The molecular formula is C17H24N2O3. The summed E-state index contributed by atoms with van der Waals surface area (Å²) in [6.07, 6.45) is 3.19. The Morgan fingerprint density at radius 3 is 2.82 bits per heavy atom. The highest BCUT2D eigenvalue weighted by molar-refractivity contribution is 5.96. The lowest BCUT2D eigenvalue weighted by Crippen LogP contribution is -2.49. The number of carbonyl (C=O) groups is 2. The van der Waals surface area contributed by atoms with Crippen LogP contribution in [0.2, 0.25) is 0 Å². The molecule has 0 saturated carbocycles. The Labute approximate surface area is 131 Å². The van der Waals surface area contributed by atoms with Crippen LogP contribution in [-0.4, -0.2) is 35.6 Å². The zero-order valence-corrected chi connectivity index (χ0v) is 13.2. The van der Waals surface area contributed by atoms with Gasteiger partial charge < -0.3 is 10.0 Å². The molecule has 1 aliphatic rings. The van der Waals surface area contributed by atoms with Crippen molar-refractivity contribution in [1.29, 1.82) is 0 Å². The third-order valence-corrected chi connectivity index (χ3v) is 4.17. The average molecular weight is 304 g/mol. The van der Waals surface area contributed by atoms with E-state index in [4.69, 9.17) is 5.11 Å². The minimum atomic E-state index is -0.901. The Hall–Kier alpha value is -1.88. The number of carbonyl (C=O) groups excluding carboxylic acids is 1. The lowest BCUT2D eigenvalue weighted by Gasteiger charge is -2.35. The van der Waals surface area contributed by atoms with Gasteiger partial charge in [0.1, 0.15) is 6.04 Å². The summed E-state index contributed by atoms with van der Waals surface area (Å²) < 4.78 is 0. The maximum atomic E-state index is 12.6. The first-order valence-corrected chi connectivity index (χ1v) is 7.90. The summed E-state index contributed by atoms with van der Waals surface area (Å²) in [5, 5.41) is 12.0. The highest BCUT2D eigenvalue weighted by Gasteiger charge is 2.28. The first kappa shape index (κ1) is 16.5. The number of hydrogen-bond donors (Lipinski definition) is 2. The van der Waals surface area contributed by atoms with E-state index in [1.54, 1.807) is 4.90 Å². The molecule has 0 spiro atoms. The molecule has 2 rings (SSSR count). The van der Waals surface area contributed by atoms with Gasteiger partial charge in [0, 0.05) is 11.7 Å². The third-order valence-electron chi connectivity index (χ3n) is 4.17. The first-order chi connectivity index (χ1) is 10.5. The molecule has 1 aliphatic heterocycles. The lowest BCUT2D eigenvalue weighted by atomic mass is 9.96. The summed E-state index contributed by atoms with van der Waals surface area (Å²) in [5.41, 5.74) is 2.13. The number of rotatable bonds is 6. The molecule has 0 fully saturated rings. The summed E-state index contributed by atoms with van der Waals surface area (Å²) in [4.78, 5) is 25.5. The van der Waals surface area contributed by atoms with Crippen LogP contribution in [0, 0.1) is 0 Å². The smallest absolute Gasteiger partial charge is 0.320 e. The zero-order chi connectivity index (χ0) is 16.1. The van der Waals surface area contributed by atoms with Gasteiger partial charge in [-0.2, -0.15) is 0 Å². The second-order valence-corrected chi connectivity index (χ2v) is 5.84. The Balaban J connectivity index is 2.07. The maximum Gasteiger partial charge on any atom is 0.320 e. The summed E-state index contributed by atoms with van der Waals surface area (Å²) in [5.74, 6) is -0.969. The van der Waals surface area contributed by atoms with Crippen LogP contribution in [0.25, 0.3) is 0 Å². The molecule has 120 valence electrons. The highest BCUT2D eigenvalue weighted by Crippen LogP contribution is 2.30. The molecule has 1 heterocycles. The fourth-order valence-electron chi connectivity index (χ4n) is 2.97. The van der Waals surface area contributed by atoms with Crippen molar-refractivity contribution in [3.05, 3.63) is 29.8 Å². The molecular weight excluding hydrogens is 280 g/mol. The van der Waals surface area contributed by atoms with Crippen LogP contribution >= 0.6 is 0 Å². The van der Waals surface area contributed by atoms with Crippen LogP contribution in [0.15, 0.2) is 24.3 Å². The van der Waals surface area contributed by atoms with Crippen molar-refractivity contribution in [1.82, 2.24) is 5.32 Å². The van der Waals surface area contributed by atoms with E-state index < -0.39 is 12.0 Å². The molecule has 2 N–H and O–H groups in total. The van der Waals surface area contributed by atoms with Crippen LogP contribution in [-0.2, 0) is 16.0 Å². The number of benzene rings is 1. The molecule has 1 amide bonds. The van der Waals surface area contributed by atoms with E-state index in [0.717, 1.165) is 24.9 Å². The fraction of sp³-hybridized carbons (Fsp3) is 0.529. The Morgan fingerprint density at radius 1 is 1.41 bits per heavy atom. The number of fused-ring (bicyclic) bond motifs is 1. The third kappa shape index (κ3) is 3.65. The fourth-order valence-corrected chi connectivity index (χ4v) is 2.97. The van der Waals surface area contributed by atoms with Crippen molar-refractivity contribution in [2.45, 2.75) is 51.6 Å². The molecule has 0 aliphatic carbocycles. The number of anilines is 1. The summed E-state index contributed by atoms with van der Waals surface area (Å²) in [6.45, 7) is 4.02. The van der Waals surface area contributed by atoms with Crippen LogP contribution in [0.3, 0.4) is 0 Å². The molecule has 2 unspecified atom stereocenters. The number of nitrogens with one attached hydrogen (secondary N) is 1. The van der Waals surface area contributed by atoms with Crippen molar-refractivity contribution in [3.8, 4) is 0 Å². The average Bonchev–Trinajstić information content (AvgIpc) is 2.50. The van der Waals surface area contributed by atoms with Crippen molar-refractivity contribution in [3.63, 3.8) is 0 Å². The van der Waals surface area contributed by atoms with E-state index in [9.17, 15) is 9.59 Å². The van der Waals surface area contributed by atoms with Crippen molar-refractivity contribution < 1.29 is 14.7 Å². The van der Waals surface area contributed by atoms with E-state index in [1.807, 2.05) is 38.1 Å². The van der Waals surface area contributed by atoms with E-state index in [-0.39, 0.29) is 18.5 Å². The summed E-state index contributed by atoms with van der Waals surface area (Å²) in [7, 11) is 0. The number of carboxylic acids is 1. The van der Waals surface area contributed by atoms with Gasteiger partial charge in [-0.25, -0.2) is 0 Å². The lowest BCUT2D eigenvalue weighted by molar-refractivity contribution is -0.139. The first-order valence-electron chi connectivity index (χ1n) is 7.90. The van der Waals surface area contributed by atoms with Gasteiger partial charge in [0.2, 0.25) is 5.91 Å². The molecule has 5 heteroatoms. The van der Waals surface area contributed by atoms with Crippen LogP contribution in [0.5, 0.6) is 0 Å². The predicted molar refractivity (Wildman–Crippen MR) is 86.0 cm³/mol. The largest absolute Gasteiger partial charge is 0.480 e. The van der Waals surface area contributed by atoms with Crippen LogP contribution in [0.1, 0.15) is 38.7 Å². The normalized spacial score (nSPS) is 18.6. The Morgan fingerprint density at radius 2 is 2.14 bits per heavy atom. The van der Waals surface area contributed by atoms with Crippen molar-refractivity contribution in [2.75, 3.05) is 11.4 Å². The summed E-state index contributed by atoms with van der Waals surface area (Å²) >= 11 is 0. The minimum Gasteiger partial charge on any atom is -0.480 e.